The number of amides is 1. The lowest BCUT2D eigenvalue weighted by molar-refractivity contribution is -0.157. The van der Waals surface area contributed by atoms with Crippen LogP contribution in [-0.4, -0.2) is 54.1 Å². The Morgan fingerprint density at radius 1 is 0.912 bits per heavy atom. The van der Waals surface area contributed by atoms with Gasteiger partial charge in [0, 0.05) is 6.42 Å². The molecule has 8 nitrogen and oxygen atoms in total. The molecule has 1 fully saturated rings. The number of carbonyl (C=O) groups excluding carboxylic acids is 2. The lowest BCUT2D eigenvalue weighted by Gasteiger charge is -2.32. The van der Waals surface area contributed by atoms with Gasteiger partial charge in [0.05, 0.1) is 11.2 Å². The summed E-state index contributed by atoms with van der Waals surface area (Å²) in [7, 11) is -0.459. The van der Waals surface area contributed by atoms with Gasteiger partial charge in [-0.25, -0.2) is 9.59 Å². The Hall–Kier alpha value is -2.26. The summed E-state index contributed by atoms with van der Waals surface area (Å²) in [6.45, 7) is 18.9. The molecular formula is C25H40BNO7. The van der Waals surface area contributed by atoms with Crippen LogP contribution in [0.3, 0.4) is 0 Å². The molecule has 0 spiro atoms. The molecule has 1 amide bonds. The molecule has 0 saturated carbocycles. The van der Waals surface area contributed by atoms with E-state index < -0.39 is 47.6 Å². The molecule has 0 aromatic heterocycles. The summed E-state index contributed by atoms with van der Waals surface area (Å²) in [5.74, 6) is 0.117. The predicted octanol–water partition coefficient (Wildman–Crippen LogP) is 4.47. The number of benzene rings is 1. The van der Waals surface area contributed by atoms with E-state index in [1.54, 1.807) is 53.7 Å². The summed E-state index contributed by atoms with van der Waals surface area (Å²) in [6, 6.07) is 6.40. The van der Waals surface area contributed by atoms with E-state index in [2.05, 4.69) is 5.32 Å². The zero-order valence-corrected chi connectivity index (χ0v) is 22.2. The van der Waals surface area contributed by atoms with Gasteiger partial charge in [0.1, 0.15) is 29.5 Å². The molecule has 34 heavy (non-hydrogen) atoms. The van der Waals surface area contributed by atoms with Crippen molar-refractivity contribution in [2.24, 2.45) is 0 Å². The zero-order chi connectivity index (χ0) is 25.9. The van der Waals surface area contributed by atoms with E-state index in [-0.39, 0.29) is 12.9 Å². The van der Waals surface area contributed by atoms with Gasteiger partial charge in [-0.1, -0.05) is 12.1 Å². The fraction of sp³-hybridized carbons (Fsp3) is 0.680. The standard InChI is InChI=1S/C25H40BNO7/c1-22(2,3)31-20(28)19(27-21(29)32-23(4,5)6)15-17-11-13-18(14-12-17)30-16-26-33-24(7,8)25(9,10)34-26/h11-14,19H,15-16H2,1-10H3,(H,27,29)/t19-/m0/s1. The Balaban J connectivity index is 2.01. The van der Waals surface area contributed by atoms with E-state index >= 15 is 0 Å². The van der Waals surface area contributed by atoms with Crippen molar-refractivity contribution in [2.75, 3.05) is 6.51 Å². The van der Waals surface area contributed by atoms with Crippen molar-refractivity contribution < 1.29 is 33.1 Å². The van der Waals surface area contributed by atoms with Crippen LogP contribution in [0.4, 0.5) is 4.79 Å². The quantitative estimate of drug-likeness (QED) is 0.458. The van der Waals surface area contributed by atoms with E-state index in [1.165, 1.54) is 0 Å². The second kappa shape index (κ2) is 10.2. The maximum absolute atomic E-state index is 12.7. The summed E-state index contributed by atoms with van der Waals surface area (Å²) in [5, 5.41) is 2.64. The average Bonchev–Trinajstić information content (AvgIpc) is 2.84. The molecule has 1 aliphatic heterocycles. The monoisotopic (exact) mass is 477 g/mol. The van der Waals surface area contributed by atoms with Crippen LogP contribution in [0.15, 0.2) is 24.3 Å². The molecule has 9 heteroatoms. The number of esters is 1. The van der Waals surface area contributed by atoms with Gasteiger partial charge in [-0.3, -0.25) is 0 Å². The Morgan fingerprint density at radius 2 is 1.41 bits per heavy atom. The number of hydrogen-bond donors (Lipinski definition) is 1. The smallest absolute Gasteiger partial charge is 0.496 e. The molecule has 1 N–H and O–H groups in total. The van der Waals surface area contributed by atoms with E-state index in [0.29, 0.717) is 5.75 Å². The number of ether oxygens (including phenoxy) is 3. The van der Waals surface area contributed by atoms with E-state index in [1.807, 2.05) is 39.8 Å². The van der Waals surface area contributed by atoms with E-state index in [4.69, 9.17) is 23.5 Å². The molecule has 0 unspecified atom stereocenters. The van der Waals surface area contributed by atoms with Crippen molar-refractivity contribution >= 4 is 19.2 Å². The highest BCUT2D eigenvalue weighted by molar-refractivity contribution is 6.45. The van der Waals surface area contributed by atoms with Crippen LogP contribution in [-0.2, 0) is 30.0 Å². The van der Waals surface area contributed by atoms with Crippen LogP contribution in [0.25, 0.3) is 0 Å². The van der Waals surface area contributed by atoms with Crippen LogP contribution in [0.1, 0.15) is 74.8 Å². The number of alkyl carbamates (subject to hydrolysis) is 1. The predicted molar refractivity (Wildman–Crippen MR) is 131 cm³/mol. The topological polar surface area (TPSA) is 92.3 Å². The van der Waals surface area contributed by atoms with Crippen LogP contribution in [0, 0.1) is 0 Å². The van der Waals surface area contributed by atoms with E-state index in [9.17, 15) is 9.59 Å². The highest BCUT2D eigenvalue weighted by Crippen LogP contribution is 2.36. The largest absolute Gasteiger partial charge is 0.498 e. The Labute approximate surface area is 204 Å². The molecule has 0 radical (unpaired) electrons. The summed E-state index contributed by atoms with van der Waals surface area (Å²) in [4.78, 5) is 25.0. The van der Waals surface area contributed by atoms with Crippen LogP contribution in [0.2, 0.25) is 0 Å². The van der Waals surface area contributed by atoms with Crippen molar-refractivity contribution in [1.29, 1.82) is 0 Å². The maximum atomic E-state index is 12.7. The second-order valence-corrected chi connectivity index (χ2v) is 11.6. The molecule has 1 heterocycles. The minimum atomic E-state index is -0.898. The van der Waals surface area contributed by atoms with Crippen LogP contribution in [0.5, 0.6) is 5.75 Å². The first-order valence-electron chi connectivity index (χ1n) is 11.7. The maximum Gasteiger partial charge on any atom is 0.498 e. The minimum absolute atomic E-state index is 0.242. The minimum Gasteiger partial charge on any atom is -0.496 e. The van der Waals surface area contributed by atoms with Gasteiger partial charge in [-0.2, -0.15) is 0 Å². The Bertz CT molecular complexity index is 838. The molecule has 0 bridgehead atoms. The number of rotatable bonds is 7. The molecule has 1 aliphatic rings. The third kappa shape index (κ3) is 8.51. The molecule has 1 aromatic carbocycles. The summed E-state index contributed by atoms with van der Waals surface area (Å²) >= 11 is 0. The summed E-state index contributed by atoms with van der Waals surface area (Å²) < 4.78 is 28.5. The zero-order valence-electron chi connectivity index (χ0n) is 22.2. The van der Waals surface area contributed by atoms with Gasteiger partial charge in [-0.15, -0.1) is 0 Å². The Morgan fingerprint density at radius 3 is 1.88 bits per heavy atom. The number of nitrogens with one attached hydrogen (secondary N) is 1. The first-order valence-corrected chi connectivity index (χ1v) is 11.7. The van der Waals surface area contributed by atoms with Gasteiger partial charge >= 0.3 is 19.2 Å². The van der Waals surface area contributed by atoms with Crippen molar-refractivity contribution in [3.05, 3.63) is 29.8 Å². The lowest BCUT2D eigenvalue weighted by Crippen LogP contribution is -2.47. The van der Waals surface area contributed by atoms with Crippen molar-refractivity contribution in [3.63, 3.8) is 0 Å². The highest BCUT2D eigenvalue weighted by atomic mass is 16.7. The second-order valence-electron chi connectivity index (χ2n) is 11.6. The molecule has 2 rings (SSSR count). The first-order chi connectivity index (χ1) is 15.4. The van der Waals surface area contributed by atoms with Crippen molar-refractivity contribution in [2.45, 2.75) is 104 Å². The fourth-order valence-electron chi connectivity index (χ4n) is 3.17. The lowest BCUT2D eigenvalue weighted by atomic mass is 9.90. The van der Waals surface area contributed by atoms with Crippen LogP contribution >= 0.6 is 0 Å². The number of carbonyl (C=O) groups is 2. The SMILES string of the molecule is CC(C)(C)OC(=O)N[C@@H](Cc1ccc(OCB2OC(C)(C)C(C)(C)O2)cc1)C(=O)OC(C)(C)C. The van der Waals surface area contributed by atoms with Crippen molar-refractivity contribution in [3.8, 4) is 5.75 Å². The molecule has 1 saturated heterocycles. The summed E-state index contributed by atoms with van der Waals surface area (Å²) in [6.07, 6.45) is -0.434. The van der Waals surface area contributed by atoms with Gasteiger partial charge in [0.25, 0.3) is 0 Å². The third-order valence-electron chi connectivity index (χ3n) is 5.43. The number of hydrogen-bond acceptors (Lipinski definition) is 7. The molecule has 190 valence electrons. The fourth-order valence-corrected chi connectivity index (χ4v) is 3.17. The molecule has 0 aliphatic carbocycles. The molecular weight excluding hydrogens is 437 g/mol. The molecule has 1 atom stereocenters. The normalized spacial score (nSPS) is 18.2. The average molecular weight is 477 g/mol. The van der Waals surface area contributed by atoms with Gasteiger partial charge in [-0.05, 0) is 86.9 Å². The highest BCUT2D eigenvalue weighted by Gasteiger charge is 2.51. The first kappa shape index (κ1) is 28.0. The van der Waals surface area contributed by atoms with E-state index in [0.717, 1.165) is 5.56 Å². The third-order valence-corrected chi connectivity index (χ3v) is 5.43. The molecule has 1 aromatic rings. The van der Waals surface area contributed by atoms with Crippen LogP contribution < -0.4 is 10.1 Å². The summed E-state index contributed by atoms with van der Waals surface area (Å²) in [5.41, 5.74) is -1.37. The Kier molecular flexibility index (Phi) is 8.36. The van der Waals surface area contributed by atoms with Gasteiger partial charge in [0.15, 0.2) is 0 Å². The van der Waals surface area contributed by atoms with Crippen molar-refractivity contribution in [1.82, 2.24) is 5.32 Å². The van der Waals surface area contributed by atoms with Gasteiger partial charge < -0.3 is 28.8 Å². The van der Waals surface area contributed by atoms with Gasteiger partial charge in [0.2, 0.25) is 0 Å².